The van der Waals surface area contributed by atoms with Crippen LogP contribution in [0.4, 0.5) is 0 Å². The van der Waals surface area contributed by atoms with E-state index in [4.69, 9.17) is 5.11 Å². The maximum Gasteiger partial charge on any atom is 0.341 e. The molecule has 0 aliphatic rings. The van der Waals surface area contributed by atoms with Crippen molar-refractivity contribution in [3.05, 3.63) is 41.1 Å². The second-order valence-corrected chi connectivity index (χ2v) is 3.59. The van der Waals surface area contributed by atoms with Crippen LogP contribution in [0.5, 0.6) is 0 Å². The molecular formula is C11H13N3O6. The summed E-state index contributed by atoms with van der Waals surface area (Å²) in [6.07, 6.45) is 0. The van der Waals surface area contributed by atoms with Crippen LogP contribution in [0.15, 0.2) is 35.6 Å². The van der Waals surface area contributed by atoms with Crippen LogP contribution < -0.4 is 0 Å². The third-order valence-electron chi connectivity index (χ3n) is 2.04. The van der Waals surface area contributed by atoms with Crippen LogP contribution in [0.2, 0.25) is 0 Å². The van der Waals surface area contributed by atoms with Crippen molar-refractivity contribution in [3.8, 4) is 0 Å². The number of likely N-dealkylation sites (N-methyl/N-ethyl adjacent to an activating group) is 1. The molecule has 9 nitrogen and oxygen atoms in total. The standard InChI is InChI=1S/C11H13N3O6/c1-13(7-10(15)16)14(18)12-20-8-19-11(17)9-5-3-2-4-6-9/h2-6H,7-8H2,1H3,(H,15,16)/b14-12-. The fourth-order valence-corrected chi connectivity index (χ4v) is 1.13. The first-order chi connectivity index (χ1) is 9.50. The predicted octanol–water partition coefficient (Wildman–Crippen LogP) is 0.626. The summed E-state index contributed by atoms with van der Waals surface area (Å²) in [7, 11) is 1.21. The van der Waals surface area contributed by atoms with E-state index >= 15 is 0 Å². The lowest BCUT2D eigenvalue weighted by atomic mass is 10.2. The molecule has 1 rings (SSSR count). The van der Waals surface area contributed by atoms with Gasteiger partial charge >= 0.3 is 11.9 Å². The smallest absolute Gasteiger partial charge is 0.341 e. The Morgan fingerprint density at radius 3 is 2.65 bits per heavy atom. The van der Waals surface area contributed by atoms with Gasteiger partial charge in [0, 0.05) is 0 Å². The monoisotopic (exact) mass is 283 g/mol. The number of benzene rings is 1. The molecule has 0 unspecified atom stereocenters. The molecule has 0 radical (unpaired) electrons. The van der Waals surface area contributed by atoms with E-state index in [1.165, 1.54) is 7.05 Å². The highest BCUT2D eigenvalue weighted by molar-refractivity contribution is 5.89. The van der Waals surface area contributed by atoms with Crippen molar-refractivity contribution in [2.45, 2.75) is 0 Å². The molecule has 1 aromatic carbocycles. The number of nitrogens with zero attached hydrogens (tertiary/aromatic N) is 3. The number of esters is 1. The van der Waals surface area contributed by atoms with Crippen molar-refractivity contribution in [1.29, 1.82) is 0 Å². The second kappa shape index (κ2) is 7.56. The number of carboxylic acids is 1. The summed E-state index contributed by atoms with van der Waals surface area (Å²) in [6, 6.07) is 8.19. The SMILES string of the molecule is CN(CC(=O)O)/[N+]([O-])=N/OCOC(=O)c1ccccc1. The van der Waals surface area contributed by atoms with Gasteiger partial charge < -0.3 is 19.9 Å². The molecule has 0 aliphatic heterocycles. The molecule has 0 fully saturated rings. The average molecular weight is 283 g/mol. The van der Waals surface area contributed by atoms with Gasteiger partial charge in [0.15, 0.2) is 6.54 Å². The van der Waals surface area contributed by atoms with Crippen molar-refractivity contribution in [2.75, 3.05) is 20.4 Å². The van der Waals surface area contributed by atoms with Gasteiger partial charge in [0.05, 0.1) is 17.6 Å². The number of carbonyl (C=O) groups excluding carboxylic acids is 1. The molecule has 0 saturated carbocycles. The van der Waals surface area contributed by atoms with Crippen LogP contribution in [0.25, 0.3) is 0 Å². The second-order valence-electron chi connectivity index (χ2n) is 3.59. The molecule has 0 bridgehead atoms. The number of carbonyl (C=O) groups is 2. The van der Waals surface area contributed by atoms with Crippen LogP contribution in [0.1, 0.15) is 10.4 Å². The normalized spacial score (nSPS) is 10.8. The summed E-state index contributed by atoms with van der Waals surface area (Å²) >= 11 is 0. The first kappa shape index (κ1) is 15.2. The average Bonchev–Trinajstić information content (AvgIpc) is 2.43. The summed E-state index contributed by atoms with van der Waals surface area (Å²) in [5.41, 5.74) is 0.332. The Bertz CT molecular complexity index is 490. The van der Waals surface area contributed by atoms with Gasteiger partial charge in [0.25, 0.3) is 6.79 Å². The predicted molar refractivity (Wildman–Crippen MR) is 64.1 cm³/mol. The van der Waals surface area contributed by atoms with Gasteiger partial charge in [-0.2, -0.15) is 0 Å². The highest BCUT2D eigenvalue weighted by atomic mass is 16.8. The van der Waals surface area contributed by atoms with Crippen LogP contribution in [-0.4, -0.2) is 47.4 Å². The van der Waals surface area contributed by atoms with Gasteiger partial charge in [0.1, 0.15) is 0 Å². The first-order valence-corrected chi connectivity index (χ1v) is 5.46. The van der Waals surface area contributed by atoms with Gasteiger partial charge in [-0.1, -0.05) is 18.2 Å². The topological polar surface area (TPSA) is 114 Å². The molecule has 0 aliphatic carbocycles. The fraction of sp³-hybridized carbons (Fsp3) is 0.273. The van der Waals surface area contributed by atoms with E-state index in [1.54, 1.807) is 30.3 Å². The number of hydrogen-bond acceptors (Lipinski definition) is 6. The Morgan fingerprint density at radius 2 is 2.05 bits per heavy atom. The number of carboxylic acid groups (broad SMARTS) is 1. The molecule has 0 spiro atoms. The Labute approximate surface area is 114 Å². The molecule has 0 saturated heterocycles. The quantitative estimate of drug-likeness (QED) is 0.195. The Kier molecular flexibility index (Phi) is 5.75. The lowest BCUT2D eigenvalue weighted by Gasteiger charge is -2.09. The maximum absolute atomic E-state index is 11.4. The van der Waals surface area contributed by atoms with E-state index in [9.17, 15) is 14.8 Å². The van der Waals surface area contributed by atoms with Crippen LogP contribution in [0.3, 0.4) is 0 Å². The third kappa shape index (κ3) is 5.21. The molecule has 108 valence electrons. The summed E-state index contributed by atoms with van der Waals surface area (Å²) in [4.78, 5) is 26.2. The Balaban J connectivity index is 2.34. The number of hydrazine groups is 1. The minimum atomic E-state index is -1.20. The van der Waals surface area contributed by atoms with Crippen molar-refractivity contribution in [3.63, 3.8) is 0 Å². The highest BCUT2D eigenvalue weighted by Crippen LogP contribution is 2.01. The molecule has 0 atom stereocenters. The molecule has 9 heteroatoms. The van der Waals surface area contributed by atoms with Gasteiger partial charge in [-0.15, -0.1) is 5.01 Å². The van der Waals surface area contributed by atoms with Crippen molar-refractivity contribution < 1.29 is 29.2 Å². The third-order valence-corrected chi connectivity index (χ3v) is 2.04. The Morgan fingerprint density at radius 1 is 1.40 bits per heavy atom. The minimum Gasteiger partial charge on any atom is -0.569 e. The zero-order valence-corrected chi connectivity index (χ0v) is 10.6. The maximum atomic E-state index is 11.4. The summed E-state index contributed by atoms with van der Waals surface area (Å²) in [5, 5.41) is 23.3. The molecule has 0 heterocycles. The summed E-state index contributed by atoms with van der Waals surface area (Å²) in [5.74, 6) is -1.82. The minimum absolute atomic E-state index is 0.0650. The molecule has 0 aromatic heterocycles. The van der Waals surface area contributed by atoms with Crippen LogP contribution >= 0.6 is 0 Å². The summed E-state index contributed by atoms with van der Waals surface area (Å²) < 4.78 is 4.68. The highest BCUT2D eigenvalue weighted by Gasteiger charge is 2.11. The van der Waals surface area contributed by atoms with Gasteiger partial charge in [-0.25, -0.2) is 4.79 Å². The Hall–Kier alpha value is -2.84. The summed E-state index contributed by atoms with van der Waals surface area (Å²) in [6.45, 7) is -1.10. The van der Waals surface area contributed by atoms with E-state index in [1.807, 2.05) is 0 Å². The lowest BCUT2D eigenvalue weighted by molar-refractivity contribution is -0.704. The number of aliphatic carboxylic acids is 1. The van der Waals surface area contributed by atoms with Gasteiger partial charge in [-0.05, 0) is 12.1 Å². The number of hydrogen-bond donors (Lipinski definition) is 1. The van der Waals surface area contributed by atoms with E-state index in [0.29, 0.717) is 5.56 Å². The zero-order chi connectivity index (χ0) is 15.0. The van der Waals surface area contributed by atoms with E-state index in [-0.39, 0.29) is 4.97 Å². The van der Waals surface area contributed by atoms with E-state index in [2.05, 4.69) is 14.9 Å². The van der Waals surface area contributed by atoms with Gasteiger partial charge in [0.2, 0.25) is 5.28 Å². The fourth-order valence-electron chi connectivity index (χ4n) is 1.13. The zero-order valence-electron chi connectivity index (χ0n) is 10.6. The number of rotatable bonds is 7. The van der Waals surface area contributed by atoms with E-state index in [0.717, 1.165) is 5.01 Å². The van der Waals surface area contributed by atoms with Crippen LogP contribution in [-0.2, 0) is 14.4 Å². The van der Waals surface area contributed by atoms with Crippen LogP contribution in [0, 0.1) is 5.21 Å². The van der Waals surface area contributed by atoms with Crippen molar-refractivity contribution in [2.24, 2.45) is 5.28 Å². The molecule has 0 amide bonds. The first-order valence-electron chi connectivity index (χ1n) is 5.46. The number of ether oxygens (including phenoxy) is 1. The van der Waals surface area contributed by atoms with Crippen molar-refractivity contribution >= 4 is 11.9 Å². The van der Waals surface area contributed by atoms with Crippen molar-refractivity contribution in [1.82, 2.24) is 5.01 Å². The molecular weight excluding hydrogens is 270 g/mol. The molecule has 1 aromatic rings. The van der Waals surface area contributed by atoms with E-state index < -0.39 is 25.3 Å². The largest absolute Gasteiger partial charge is 0.569 e. The molecule has 20 heavy (non-hydrogen) atoms. The van der Waals surface area contributed by atoms with Gasteiger partial charge in [-0.3, -0.25) is 4.79 Å². The lowest BCUT2D eigenvalue weighted by Crippen LogP contribution is -2.31. The molecule has 1 N–H and O–H groups in total.